The highest BCUT2D eigenvalue weighted by Gasteiger charge is 2.20. The Morgan fingerprint density at radius 1 is 0.759 bits per heavy atom. The molecule has 0 bridgehead atoms. The molecule has 152 valence electrons. The van der Waals surface area contributed by atoms with Gasteiger partial charge in [0, 0.05) is 12.6 Å². The fourth-order valence-electron chi connectivity index (χ4n) is 3.13. The molecular weight excluding hydrogens is 362 g/mol. The van der Waals surface area contributed by atoms with Gasteiger partial charge in [-0.3, -0.25) is 4.90 Å². The number of benzene rings is 3. The van der Waals surface area contributed by atoms with Gasteiger partial charge in [-0.15, -0.1) is 0 Å². The highest BCUT2D eigenvalue weighted by atomic mass is 16.5. The molecule has 0 aromatic heterocycles. The summed E-state index contributed by atoms with van der Waals surface area (Å²) in [6, 6.07) is 27.6. The van der Waals surface area contributed by atoms with Crippen LogP contribution in [0.4, 0.5) is 0 Å². The van der Waals surface area contributed by atoms with E-state index in [0.717, 1.165) is 23.6 Å². The summed E-state index contributed by atoms with van der Waals surface area (Å²) < 4.78 is 11.4. The van der Waals surface area contributed by atoms with E-state index in [4.69, 9.17) is 9.47 Å². The van der Waals surface area contributed by atoms with E-state index < -0.39 is 6.10 Å². The van der Waals surface area contributed by atoms with Crippen molar-refractivity contribution in [2.24, 2.45) is 0 Å². The van der Waals surface area contributed by atoms with Crippen LogP contribution in [-0.4, -0.2) is 36.3 Å². The smallest absolute Gasteiger partial charge is 0.122 e. The van der Waals surface area contributed by atoms with Crippen LogP contribution in [0, 0.1) is 0 Å². The summed E-state index contributed by atoms with van der Waals surface area (Å²) in [4.78, 5) is 2.15. The molecule has 0 aliphatic rings. The van der Waals surface area contributed by atoms with E-state index >= 15 is 0 Å². The summed E-state index contributed by atoms with van der Waals surface area (Å²) in [5, 5.41) is 10.6. The van der Waals surface area contributed by atoms with Gasteiger partial charge in [-0.05, 0) is 49.4 Å². The first-order valence-corrected chi connectivity index (χ1v) is 9.96. The van der Waals surface area contributed by atoms with Crippen molar-refractivity contribution in [1.82, 2.24) is 4.90 Å². The zero-order chi connectivity index (χ0) is 20.5. The second-order valence-corrected chi connectivity index (χ2v) is 7.17. The third-order valence-electron chi connectivity index (χ3n) is 5.01. The SMILES string of the molecule is CC(C(O)c1ccccc1)N(C)Cc1ccc(OCCOc2ccccc2)cc1. The molecule has 0 spiro atoms. The minimum Gasteiger partial charge on any atom is -0.490 e. The number of aliphatic hydroxyl groups excluding tert-OH is 1. The van der Waals surface area contributed by atoms with Crippen molar-refractivity contribution >= 4 is 0 Å². The molecule has 3 rings (SSSR count). The minimum atomic E-state index is -0.520. The number of likely N-dealkylation sites (N-methyl/N-ethyl adjacent to an activating group) is 1. The van der Waals surface area contributed by atoms with Crippen LogP contribution in [0.3, 0.4) is 0 Å². The molecule has 0 saturated heterocycles. The largest absolute Gasteiger partial charge is 0.490 e. The standard InChI is InChI=1S/C25H29NO3/c1-20(25(27)22-9-5-3-6-10-22)26(2)19-21-13-15-24(16-14-21)29-18-17-28-23-11-7-4-8-12-23/h3-16,20,25,27H,17-19H2,1-2H3. The third-order valence-corrected chi connectivity index (χ3v) is 5.01. The number of aliphatic hydroxyl groups is 1. The van der Waals surface area contributed by atoms with Crippen LogP contribution < -0.4 is 9.47 Å². The van der Waals surface area contributed by atoms with Gasteiger partial charge in [0.25, 0.3) is 0 Å². The summed E-state index contributed by atoms with van der Waals surface area (Å²) in [5.74, 6) is 1.67. The number of hydrogen-bond donors (Lipinski definition) is 1. The van der Waals surface area contributed by atoms with Crippen LogP contribution >= 0.6 is 0 Å². The Hall–Kier alpha value is -2.82. The van der Waals surface area contributed by atoms with Gasteiger partial charge in [0.1, 0.15) is 24.7 Å². The Bertz CT molecular complexity index is 837. The lowest BCUT2D eigenvalue weighted by Gasteiger charge is -2.29. The zero-order valence-electron chi connectivity index (χ0n) is 17.1. The van der Waals surface area contributed by atoms with E-state index in [1.165, 1.54) is 5.56 Å². The second kappa shape index (κ2) is 10.6. The lowest BCUT2D eigenvalue weighted by Crippen LogP contribution is -2.33. The van der Waals surface area contributed by atoms with E-state index in [1.54, 1.807) is 0 Å². The summed E-state index contributed by atoms with van der Waals surface area (Å²) in [5.41, 5.74) is 2.11. The molecule has 4 heteroatoms. The number of nitrogens with zero attached hydrogens (tertiary/aromatic N) is 1. The third kappa shape index (κ3) is 6.34. The van der Waals surface area contributed by atoms with Gasteiger partial charge in [0.05, 0.1) is 6.10 Å². The molecule has 0 amide bonds. The van der Waals surface area contributed by atoms with E-state index in [1.807, 2.05) is 86.8 Å². The van der Waals surface area contributed by atoms with Gasteiger partial charge in [-0.2, -0.15) is 0 Å². The van der Waals surface area contributed by atoms with Crippen LogP contribution in [0.15, 0.2) is 84.9 Å². The molecule has 3 aromatic carbocycles. The first-order chi connectivity index (χ1) is 14.1. The predicted molar refractivity (Wildman–Crippen MR) is 116 cm³/mol. The Balaban J connectivity index is 1.44. The Kier molecular flexibility index (Phi) is 7.68. The van der Waals surface area contributed by atoms with Crippen LogP contribution in [0.2, 0.25) is 0 Å². The maximum absolute atomic E-state index is 10.6. The maximum atomic E-state index is 10.6. The Morgan fingerprint density at radius 3 is 1.86 bits per heavy atom. The Morgan fingerprint density at radius 2 is 1.28 bits per heavy atom. The van der Waals surface area contributed by atoms with Crippen molar-refractivity contribution < 1.29 is 14.6 Å². The van der Waals surface area contributed by atoms with Crippen molar-refractivity contribution in [3.63, 3.8) is 0 Å². The molecule has 0 aliphatic heterocycles. The average molecular weight is 392 g/mol. The van der Waals surface area contributed by atoms with Gasteiger partial charge in [-0.25, -0.2) is 0 Å². The quantitative estimate of drug-likeness (QED) is 0.509. The molecule has 3 aromatic rings. The molecule has 0 aliphatic carbocycles. The molecule has 0 fully saturated rings. The molecule has 4 nitrogen and oxygen atoms in total. The van der Waals surface area contributed by atoms with Crippen molar-refractivity contribution in [2.45, 2.75) is 25.6 Å². The molecule has 0 radical (unpaired) electrons. The average Bonchev–Trinajstić information content (AvgIpc) is 2.78. The van der Waals surface area contributed by atoms with Gasteiger partial charge in [-0.1, -0.05) is 60.7 Å². The first kappa shape index (κ1) is 20.9. The maximum Gasteiger partial charge on any atom is 0.122 e. The minimum absolute atomic E-state index is 0.00321. The van der Waals surface area contributed by atoms with Crippen molar-refractivity contribution in [3.05, 3.63) is 96.1 Å². The molecule has 0 heterocycles. The lowest BCUT2D eigenvalue weighted by molar-refractivity contribution is 0.0688. The second-order valence-electron chi connectivity index (χ2n) is 7.17. The van der Waals surface area contributed by atoms with Gasteiger partial charge < -0.3 is 14.6 Å². The van der Waals surface area contributed by atoms with Crippen LogP contribution in [-0.2, 0) is 6.54 Å². The molecule has 0 saturated carbocycles. The highest BCUT2D eigenvalue weighted by molar-refractivity contribution is 5.27. The molecule has 2 atom stereocenters. The number of hydrogen-bond acceptors (Lipinski definition) is 4. The van der Waals surface area contributed by atoms with E-state index in [2.05, 4.69) is 17.0 Å². The van der Waals surface area contributed by atoms with Gasteiger partial charge >= 0.3 is 0 Å². The van der Waals surface area contributed by atoms with Crippen molar-refractivity contribution in [3.8, 4) is 11.5 Å². The zero-order valence-corrected chi connectivity index (χ0v) is 17.1. The summed E-state index contributed by atoms with van der Waals surface area (Å²) in [6.07, 6.45) is -0.520. The fraction of sp³-hybridized carbons (Fsp3) is 0.280. The fourth-order valence-corrected chi connectivity index (χ4v) is 3.13. The van der Waals surface area contributed by atoms with Crippen LogP contribution in [0.5, 0.6) is 11.5 Å². The number of ether oxygens (including phenoxy) is 2. The normalized spacial score (nSPS) is 13.1. The molecule has 1 N–H and O–H groups in total. The van der Waals surface area contributed by atoms with Crippen LogP contribution in [0.1, 0.15) is 24.2 Å². The topological polar surface area (TPSA) is 41.9 Å². The van der Waals surface area contributed by atoms with Crippen LogP contribution in [0.25, 0.3) is 0 Å². The van der Waals surface area contributed by atoms with E-state index in [0.29, 0.717) is 13.2 Å². The first-order valence-electron chi connectivity index (χ1n) is 9.96. The highest BCUT2D eigenvalue weighted by Crippen LogP contribution is 2.22. The Labute approximate surface area is 173 Å². The molecule has 29 heavy (non-hydrogen) atoms. The van der Waals surface area contributed by atoms with Gasteiger partial charge in [0.2, 0.25) is 0 Å². The number of rotatable bonds is 10. The van der Waals surface area contributed by atoms with Crippen molar-refractivity contribution in [2.75, 3.05) is 20.3 Å². The molecular formula is C25H29NO3. The predicted octanol–water partition coefficient (Wildman–Crippen LogP) is 4.70. The summed E-state index contributed by atoms with van der Waals surface area (Å²) in [6.45, 7) is 3.79. The molecule has 2 unspecified atom stereocenters. The summed E-state index contributed by atoms with van der Waals surface area (Å²) >= 11 is 0. The van der Waals surface area contributed by atoms with E-state index in [-0.39, 0.29) is 6.04 Å². The van der Waals surface area contributed by atoms with E-state index in [9.17, 15) is 5.11 Å². The van der Waals surface area contributed by atoms with Gasteiger partial charge in [0.15, 0.2) is 0 Å². The monoisotopic (exact) mass is 391 g/mol. The number of para-hydroxylation sites is 1. The lowest BCUT2D eigenvalue weighted by atomic mass is 10.0. The van der Waals surface area contributed by atoms with Crippen molar-refractivity contribution in [1.29, 1.82) is 0 Å². The summed E-state index contributed by atoms with van der Waals surface area (Å²) in [7, 11) is 2.03.